The molecule has 13 aromatic rings. The van der Waals surface area contributed by atoms with Crippen LogP contribution >= 0.6 is 0 Å². The zero-order valence-electron chi connectivity index (χ0n) is 48.0. The zero-order chi connectivity index (χ0) is 57.1. The van der Waals surface area contributed by atoms with Crippen molar-refractivity contribution in [3.8, 4) is 66.8 Å². The Kier molecular flexibility index (Phi) is 14.4. The summed E-state index contributed by atoms with van der Waals surface area (Å²) in [5.74, 6) is 0.256. The second-order valence-corrected chi connectivity index (χ2v) is 22.5. The van der Waals surface area contributed by atoms with E-state index in [9.17, 15) is 0 Å². The van der Waals surface area contributed by atoms with Crippen molar-refractivity contribution in [3.05, 3.63) is 333 Å². The van der Waals surface area contributed by atoms with Gasteiger partial charge in [0, 0.05) is 44.3 Å². The van der Waals surface area contributed by atoms with Gasteiger partial charge in [-0.3, -0.25) is 0 Å². The Morgan fingerprint density at radius 2 is 0.671 bits per heavy atom. The summed E-state index contributed by atoms with van der Waals surface area (Å²) in [4.78, 5) is 5.13. The minimum atomic E-state index is 0.256. The van der Waals surface area contributed by atoms with Crippen LogP contribution in [0.25, 0.3) is 93.9 Å². The van der Waals surface area contributed by atoms with Gasteiger partial charge in [0.2, 0.25) is 0 Å². The van der Waals surface area contributed by atoms with Crippen molar-refractivity contribution in [2.24, 2.45) is 0 Å². The van der Waals surface area contributed by atoms with Crippen molar-refractivity contribution < 1.29 is 0 Å². The van der Waals surface area contributed by atoms with Crippen LogP contribution in [0.15, 0.2) is 322 Å². The quantitative estimate of drug-likeness (QED) is 0.0791. The van der Waals surface area contributed by atoms with Gasteiger partial charge in [0.1, 0.15) is 0 Å². The Balaban J connectivity index is 1.13. The van der Waals surface area contributed by atoms with E-state index in [4.69, 9.17) is 0 Å². The van der Waals surface area contributed by atoms with Crippen molar-refractivity contribution in [2.75, 3.05) is 9.80 Å². The molecule has 1 aliphatic rings. The molecule has 0 unspecified atom stereocenters. The van der Waals surface area contributed by atoms with E-state index in [2.05, 4.69) is 345 Å². The first-order valence-corrected chi connectivity index (χ1v) is 29.8. The van der Waals surface area contributed by atoms with E-state index in [1.54, 1.807) is 0 Å². The van der Waals surface area contributed by atoms with E-state index >= 15 is 0 Å². The van der Waals surface area contributed by atoms with Gasteiger partial charge in [0.25, 0.3) is 0 Å². The lowest BCUT2D eigenvalue weighted by Crippen LogP contribution is -2.15. The molecule has 85 heavy (non-hydrogen) atoms. The van der Waals surface area contributed by atoms with Gasteiger partial charge < -0.3 is 9.80 Å². The van der Waals surface area contributed by atoms with Crippen molar-refractivity contribution >= 4 is 61.2 Å². The number of hydrogen-bond donors (Lipinski definition) is 0. The molecular weight excluding hydrogens is 1020 g/mol. The number of benzene rings is 13. The first kappa shape index (κ1) is 52.5. The van der Waals surface area contributed by atoms with Crippen LogP contribution < -0.4 is 9.80 Å². The number of hydrogen-bond acceptors (Lipinski definition) is 2. The van der Waals surface area contributed by atoms with Gasteiger partial charge in [-0.25, -0.2) is 0 Å². The van der Waals surface area contributed by atoms with Gasteiger partial charge >= 0.3 is 0 Å². The third kappa shape index (κ3) is 10.5. The summed E-state index contributed by atoms with van der Waals surface area (Å²) in [5.41, 5.74) is 24.4. The van der Waals surface area contributed by atoms with E-state index < -0.39 is 0 Å². The number of anilines is 6. The molecule has 0 saturated heterocycles. The number of rotatable bonds is 14. The number of fused-ring (bicyclic) bond motifs is 2. The molecule has 0 aliphatic heterocycles. The van der Waals surface area contributed by atoms with Gasteiger partial charge in [0.15, 0.2) is 0 Å². The first-order valence-electron chi connectivity index (χ1n) is 29.8. The molecule has 1 aliphatic carbocycles. The monoisotopic (exact) mass is 1090 g/mol. The average Bonchev–Trinajstić information content (AvgIpc) is 2.36. The minimum Gasteiger partial charge on any atom is -0.309 e. The highest BCUT2D eigenvalue weighted by molar-refractivity contribution is 6.24. The molecule has 0 heterocycles. The molecule has 0 saturated carbocycles. The molecule has 0 fully saturated rings. The van der Waals surface area contributed by atoms with Crippen LogP contribution in [0.5, 0.6) is 0 Å². The summed E-state index contributed by atoms with van der Waals surface area (Å²) in [7, 11) is 0. The summed E-state index contributed by atoms with van der Waals surface area (Å²) in [6, 6.07) is 112. The Hall–Kier alpha value is -10.5. The van der Waals surface area contributed by atoms with Crippen LogP contribution in [0.4, 0.5) is 34.1 Å². The van der Waals surface area contributed by atoms with Crippen LogP contribution in [0, 0.1) is 0 Å². The minimum absolute atomic E-state index is 0.256. The topological polar surface area (TPSA) is 6.48 Å². The highest BCUT2D eigenvalue weighted by Crippen LogP contribution is 2.54. The second kappa shape index (κ2) is 23.4. The molecule has 14 rings (SSSR count). The van der Waals surface area contributed by atoms with Crippen LogP contribution in [0.1, 0.15) is 43.7 Å². The molecule has 0 bridgehead atoms. The molecule has 0 aromatic heterocycles. The summed E-state index contributed by atoms with van der Waals surface area (Å²) >= 11 is 0. The molecule has 0 radical (unpaired) electrons. The van der Waals surface area contributed by atoms with Crippen molar-refractivity contribution in [1.29, 1.82) is 0 Å². The highest BCUT2D eigenvalue weighted by atomic mass is 15.2. The molecular formula is C83H64N2. The highest BCUT2D eigenvalue weighted by Gasteiger charge is 2.29. The third-order valence-electron chi connectivity index (χ3n) is 16.9. The first-order chi connectivity index (χ1) is 42.0. The Bertz CT molecular complexity index is 4580. The van der Waals surface area contributed by atoms with E-state index in [0.717, 1.165) is 107 Å². The standard InChI is InChI=1S/C83H64N2/c1-58(2)66-44-48-76-80(54-66)82(84(70-42-24-40-67(52-70)59-26-10-3-11-27-59)72-46-50-74(62-32-16-6-17-33-62)78(56-72)64-36-20-8-21-37-64)77-49-45-69(61-30-14-5-15-31-61)55-81(77)83(76)85(71-43-25-41-68(53-71)60-28-12-4-13-29-60)73-47-51-75(63-34-18-7-19-35-63)79(57-73)65-38-22-9-23-39-65/h3-16,18-32,34-58H,17,33H2,1-2H3. The molecule has 2 heteroatoms. The fourth-order valence-corrected chi connectivity index (χ4v) is 12.6. The van der Waals surface area contributed by atoms with Crippen LogP contribution in [-0.4, -0.2) is 0 Å². The molecule has 406 valence electrons. The summed E-state index contributed by atoms with van der Waals surface area (Å²) in [6.45, 7) is 4.63. The lowest BCUT2D eigenvalue weighted by molar-refractivity contribution is 0.869. The SMILES string of the molecule is CC(C)c1ccc2c(N(c3cccc(-c4ccccc4)c3)c3ccc(-c4ccccc4)c(-c4ccccc4)c3)c3cc(-c4ccccc4)ccc3c(N(c3cccc(-c4ccccc4)c3)c3ccc(C4=CC=CCC4)c(-c4ccccc4)c3)c2c1. The van der Waals surface area contributed by atoms with Gasteiger partial charge in [-0.2, -0.15) is 0 Å². The average molecular weight is 1090 g/mol. The van der Waals surface area contributed by atoms with Crippen molar-refractivity contribution in [3.63, 3.8) is 0 Å². The Morgan fingerprint density at radius 3 is 1.13 bits per heavy atom. The number of allylic oxidation sites excluding steroid dienone is 4. The van der Waals surface area contributed by atoms with Gasteiger partial charge in [-0.1, -0.05) is 275 Å². The predicted molar refractivity (Wildman–Crippen MR) is 364 cm³/mol. The maximum Gasteiger partial charge on any atom is 0.0620 e. The lowest BCUT2D eigenvalue weighted by atomic mass is 9.88. The maximum absolute atomic E-state index is 2.57. The number of nitrogens with zero attached hydrogens (tertiary/aromatic N) is 2. The summed E-state index contributed by atoms with van der Waals surface area (Å²) in [5, 5.41) is 4.55. The Morgan fingerprint density at radius 1 is 0.282 bits per heavy atom. The van der Waals surface area contributed by atoms with E-state index in [1.165, 1.54) is 44.5 Å². The van der Waals surface area contributed by atoms with Crippen LogP contribution in [-0.2, 0) is 0 Å². The van der Waals surface area contributed by atoms with Gasteiger partial charge in [0.05, 0.1) is 11.4 Å². The van der Waals surface area contributed by atoms with Gasteiger partial charge in [-0.05, 0) is 163 Å². The molecule has 0 amide bonds. The summed E-state index contributed by atoms with van der Waals surface area (Å²) in [6.07, 6.45) is 8.82. The van der Waals surface area contributed by atoms with E-state index in [1.807, 2.05) is 0 Å². The fourth-order valence-electron chi connectivity index (χ4n) is 12.6. The molecule has 0 atom stereocenters. The Labute approximate surface area is 500 Å². The largest absolute Gasteiger partial charge is 0.309 e. The van der Waals surface area contributed by atoms with E-state index in [-0.39, 0.29) is 5.92 Å². The van der Waals surface area contributed by atoms with E-state index in [0.29, 0.717) is 0 Å². The van der Waals surface area contributed by atoms with Crippen molar-refractivity contribution in [2.45, 2.75) is 32.6 Å². The molecule has 2 nitrogen and oxygen atoms in total. The second-order valence-electron chi connectivity index (χ2n) is 22.5. The third-order valence-corrected chi connectivity index (χ3v) is 16.9. The summed E-state index contributed by atoms with van der Waals surface area (Å²) < 4.78 is 0. The molecule has 0 spiro atoms. The normalized spacial score (nSPS) is 12.2. The fraction of sp³-hybridized carbons (Fsp3) is 0.0602. The maximum atomic E-state index is 2.57. The lowest BCUT2D eigenvalue weighted by Gasteiger charge is -2.34. The van der Waals surface area contributed by atoms with Crippen LogP contribution in [0.2, 0.25) is 0 Å². The predicted octanol–water partition coefficient (Wildman–Crippen LogP) is 23.8. The van der Waals surface area contributed by atoms with Crippen LogP contribution in [0.3, 0.4) is 0 Å². The van der Waals surface area contributed by atoms with Crippen molar-refractivity contribution in [1.82, 2.24) is 0 Å². The zero-order valence-corrected chi connectivity index (χ0v) is 48.0. The molecule has 13 aromatic carbocycles. The molecule has 0 N–H and O–H groups in total. The van der Waals surface area contributed by atoms with Gasteiger partial charge in [-0.15, -0.1) is 0 Å². The smallest absolute Gasteiger partial charge is 0.0620 e.